The van der Waals surface area contributed by atoms with Crippen LogP contribution in [0.2, 0.25) is 0 Å². The van der Waals surface area contributed by atoms with Crippen molar-refractivity contribution in [1.82, 2.24) is 9.97 Å². The second kappa shape index (κ2) is 6.00. The molecule has 1 heterocycles. The number of anilines is 1. The van der Waals surface area contributed by atoms with E-state index in [1.807, 2.05) is 0 Å². The molecule has 0 saturated carbocycles. The number of carbonyl (C=O) groups excluding carboxylic acids is 1. The molecule has 0 atom stereocenters. The lowest BCUT2D eigenvalue weighted by molar-refractivity contribution is -0.274. The molecule has 0 aliphatic heterocycles. The molecule has 22 heavy (non-hydrogen) atoms. The van der Waals surface area contributed by atoms with Crippen molar-refractivity contribution in [2.75, 3.05) is 5.32 Å². The molecule has 1 aromatic carbocycles. The largest absolute Gasteiger partial charge is 0.573 e. The van der Waals surface area contributed by atoms with Crippen LogP contribution in [0.5, 0.6) is 5.75 Å². The average Bonchev–Trinajstić information content (AvgIpc) is 2.38. The van der Waals surface area contributed by atoms with E-state index in [9.17, 15) is 18.0 Å². The average molecular weight is 311 g/mol. The molecule has 0 radical (unpaired) electrons. The van der Waals surface area contributed by atoms with Gasteiger partial charge in [0.2, 0.25) is 5.82 Å². The van der Waals surface area contributed by atoms with E-state index in [0.29, 0.717) is 17.1 Å². The Morgan fingerprint density at radius 2 is 1.64 bits per heavy atom. The quantitative estimate of drug-likeness (QED) is 0.945. The Bertz CT molecular complexity index is 664. The lowest BCUT2D eigenvalue weighted by Gasteiger charge is -2.10. The van der Waals surface area contributed by atoms with E-state index in [0.717, 1.165) is 12.1 Å². The van der Waals surface area contributed by atoms with E-state index in [2.05, 4.69) is 20.0 Å². The first-order valence-corrected chi connectivity index (χ1v) is 6.22. The SMILES string of the molecule is Cc1cc(C)nc(C(=O)Nc2ccc(OC(F)(F)F)cc2)n1. The van der Waals surface area contributed by atoms with Gasteiger partial charge in [0.15, 0.2) is 0 Å². The highest BCUT2D eigenvalue weighted by atomic mass is 19.4. The summed E-state index contributed by atoms with van der Waals surface area (Å²) >= 11 is 0. The minimum atomic E-state index is -4.75. The van der Waals surface area contributed by atoms with Crippen molar-refractivity contribution in [3.63, 3.8) is 0 Å². The fourth-order valence-electron chi connectivity index (χ4n) is 1.75. The molecular formula is C14H12F3N3O2. The van der Waals surface area contributed by atoms with E-state index in [4.69, 9.17) is 0 Å². The van der Waals surface area contributed by atoms with Crippen molar-refractivity contribution in [3.8, 4) is 5.75 Å². The second-order valence-electron chi connectivity index (χ2n) is 4.50. The van der Waals surface area contributed by atoms with Crippen molar-refractivity contribution in [2.45, 2.75) is 20.2 Å². The highest BCUT2D eigenvalue weighted by molar-refractivity contribution is 6.01. The number of nitrogens with zero attached hydrogens (tertiary/aromatic N) is 2. The van der Waals surface area contributed by atoms with Crippen LogP contribution in [-0.2, 0) is 0 Å². The summed E-state index contributed by atoms with van der Waals surface area (Å²) in [7, 11) is 0. The maximum Gasteiger partial charge on any atom is 0.573 e. The fourth-order valence-corrected chi connectivity index (χ4v) is 1.75. The molecule has 1 amide bonds. The number of hydrogen-bond donors (Lipinski definition) is 1. The summed E-state index contributed by atoms with van der Waals surface area (Å²) in [5.41, 5.74) is 1.60. The van der Waals surface area contributed by atoms with Gasteiger partial charge in [-0.1, -0.05) is 0 Å². The number of carbonyl (C=O) groups is 1. The standard InChI is InChI=1S/C14H12F3N3O2/c1-8-7-9(2)19-12(18-8)13(21)20-10-3-5-11(6-4-10)22-14(15,16)17/h3-7H,1-2H3,(H,20,21). The zero-order chi connectivity index (χ0) is 16.3. The summed E-state index contributed by atoms with van der Waals surface area (Å²) in [6, 6.07) is 6.51. The minimum Gasteiger partial charge on any atom is -0.406 e. The summed E-state index contributed by atoms with van der Waals surface area (Å²) in [5, 5.41) is 2.50. The van der Waals surface area contributed by atoms with Gasteiger partial charge in [0.1, 0.15) is 5.75 Å². The number of halogens is 3. The molecule has 5 nitrogen and oxygen atoms in total. The molecule has 0 aliphatic carbocycles. The Hall–Kier alpha value is -2.64. The van der Waals surface area contributed by atoms with E-state index in [1.165, 1.54) is 12.1 Å². The predicted molar refractivity (Wildman–Crippen MR) is 72.6 cm³/mol. The van der Waals surface area contributed by atoms with Gasteiger partial charge in [0, 0.05) is 17.1 Å². The van der Waals surface area contributed by atoms with Gasteiger partial charge in [0.25, 0.3) is 5.91 Å². The van der Waals surface area contributed by atoms with Crippen molar-refractivity contribution >= 4 is 11.6 Å². The molecule has 1 N–H and O–H groups in total. The topological polar surface area (TPSA) is 64.1 Å². The van der Waals surface area contributed by atoms with Crippen LogP contribution in [-0.4, -0.2) is 22.2 Å². The Kier molecular flexibility index (Phi) is 4.30. The van der Waals surface area contributed by atoms with Gasteiger partial charge in [-0.15, -0.1) is 13.2 Å². The van der Waals surface area contributed by atoms with Gasteiger partial charge in [-0.2, -0.15) is 0 Å². The van der Waals surface area contributed by atoms with E-state index in [-0.39, 0.29) is 11.6 Å². The van der Waals surface area contributed by atoms with Crippen LogP contribution in [0.1, 0.15) is 22.0 Å². The zero-order valence-corrected chi connectivity index (χ0v) is 11.7. The first-order valence-electron chi connectivity index (χ1n) is 6.22. The van der Waals surface area contributed by atoms with Gasteiger partial charge >= 0.3 is 6.36 Å². The third-order valence-electron chi connectivity index (χ3n) is 2.53. The highest BCUT2D eigenvalue weighted by Crippen LogP contribution is 2.24. The van der Waals surface area contributed by atoms with Crippen molar-refractivity contribution in [2.24, 2.45) is 0 Å². The van der Waals surface area contributed by atoms with E-state index >= 15 is 0 Å². The molecule has 8 heteroatoms. The van der Waals surface area contributed by atoms with Crippen molar-refractivity contribution in [3.05, 3.63) is 47.5 Å². The summed E-state index contributed by atoms with van der Waals surface area (Å²) in [5.74, 6) is -0.919. The van der Waals surface area contributed by atoms with E-state index < -0.39 is 12.3 Å². The Balaban J connectivity index is 2.08. The number of rotatable bonds is 3. The van der Waals surface area contributed by atoms with Crippen LogP contribution < -0.4 is 10.1 Å². The summed E-state index contributed by atoms with van der Waals surface area (Å²) in [6.45, 7) is 3.46. The fraction of sp³-hybridized carbons (Fsp3) is 0.214. The molecule has 0 fully saturated rings. The lowest BCUT2D eigenvalue weighted by atomic mass is 10.3. The molecule has 0 aliphatic rings. The minimum absolute atomic E-state index is 0.00637. The van der Waals surface area contributed by atoms with Gasteiger partial charge in [0.05, 0.1) is 0 Å². The van der Waals surface area contributed by atoms with Crippen molar-refractivity contribution in [1.29, 1.82) is 0 Å². The number of aryl methyl sites for hydroxylation is 2. The molecule has 0 unspecified atom stereocenters. The van der Waals surface area contributed by atoms with Gasteiger partial charge < -0.3 is 10.1 Å². The highest BCUT2D eigenvalue weighted by Gasteiger charge is 2.30. The molecule has 2 aromatic rings. The second-order valence-corrected chi connectivity index (χ2v) is 4.50. The Labute approximate surface area is 124 Å². The first-order chi connectivity index (χ1) is 10.2. The van der Waals surface area contributed by atoms with Crippen LogP contribution in [0, 0.1) is 13.8 Å². The van der Waals surface area contributed by atoms with Gasteiger partial charge in [-0.3, -0.25) is 4.79 Å². The molecular weight excluding hydrogens is 299 g/mol. The number of amides is 1. The van der Waals surface area contributed by atoms with E-state index in [1.54, 1.807) is 19.9 Å². The number of nitrogens with one attached hydrogen (secondary N) is 1. The molecule has 0 bridgehead atoms. The van der Waals surface area contributed by atoms with Gasteiger partial charge in [-0.05, 0) is 44.2 Å². The van der Waals surface area contributed by atoms with Crippen molar-refractivity contribution < 1.29 is 22.7 Å². The van der Waals surface area contributed by atoms with Gasteiger partial charge in [-0.25, -0.2) is 9.97 Å². The number of hydrogen-bond acceptors (Lipinski definition) is 4. The maximum atomic E-state index is 12.0. The molecule has 0 saturated heterocycles. The first kappa shape index (κ1) is 15.7. The predicted octanol–water partition coefficient (Wildman–Crippen LogP) is 3.24. The number of benzene rings is 1. The van der Waals surface area contributed by atoms with Crippen LogP contribution in [0.3, 0.4) is 0 Å². The van der Waals surface area contributed by atoms with Crippen LogP contribution in [0.4, 0.5) is 18.9 Å². The molecule has 2 rings (SSSR count). The smallest absolute Gasteiger partial charge is 0.406 e. The summed E-state index contributed by atoms with van der Waals surface area (Å²) in [6.07, 6.45) is -4.75. The molecule has 1 aromatic heterocycles. The summed E-state index contributed by atoms with van der Waals surface area (Å²) < 4.78 is 39.9. The third kappa shape index (κ3) is 4.44. The molecule has 116 valence electrons. The van der Waals surface area contributed by atoms with Crippen LogP contribution in [0.25, 0.3) is 0 Å². The monoisotopic (exact) mass is 311 g/mol. The van der Waals surface area contributed by atoms with Crippen LogP contribution in [0.15, 0.2) is 30.3 Å². The summed E-state index contributed by atoms with van der Waals surface area (Å²) in [4.78, 5) is 20.0. The molecule has 0 spiro atoms. The Morgan fingerprint density at radius 3 is 2.14 bits per heavy atom. The third-order valence-corrected chi connectivity index (χ3v) is 2.53. The zero-order valence-electron chi connectivity index (χ0n) is 11.7. The maximum absolute atomic E-state index is 12.0. The lowest BCUT2D eigenvalue weighted by Crippen LogP contribution is -2.18. The Morgan fingerprint density at radius 1 is 1.09 bits per heavy atom. The number of aromatic nitrogens is 2. The number of ether oxygens (including phenoxy) is 1. The normalized spacial score (nSPS) is 11.1. The van der Waals surface area contributed by atoms with Crippen LogP contribution >= 0.6 is 0 Å². The number of alkyl halides is 3.